The van der Waals surface area contributed by atoms with Gasteiger partial charge in [0.15, 0.2) is 0 Å². The highest BCUT2D eigenvalue weighted by Gasteiger charge is 2.42. The molecule has 0 aromatic carbocycles. The minimum absolute atomic E-state index is 0.0713. The van der Waals surface area contributed by atoms with Crippen LogP contribution >= 0.6 is 0 Å². The van der Waals surface area contributed by atoms with Crippen LogP contribution in [0.4, 0.5) is 13.2 Å². The van der Waals surface area contributed by atoms with Gasteiger partial charge in [-0.1, -0.05) is 0 Å². The Labute approximate surface area is 93.0 Å². The number of rotatable bonds is 2. The number of likely N-dealkylation sites (tertiary alicyclic amines) is 1. The summed E-state index contributed by atoms with van der Waals surface area (Å²) in [5, 5.41) is 2.45. The van der Waals surface area contributed by atoms with E-state index in [0.29, 0.717) is 13.0 Å². The third-order valence-electron chi connectivity index (χ3n) is 3.09. The third kappa shape index (κ3) is 3.10. The van der Waals surface area contributed by atoms with Gasteiger partial charge in [-0.05, 0) is 26.3 Å². The minimum Gasteiger partial charge on any atom is -0.358 e. The van der Waals surface area contributed by atoms with Crippen molar-refractivity contribution in [2.75, 3.05) is 20.1 Å². The summed E-state index contributed by atoms with van der Waals surface area (Å²) >= 11 is 0. The Morgan fingerprint density at radius 2 is 2.12 bits per heavy atom. The maximum Gasteiger partial charge on any atom is 0.393 e. The summed E-state index contributed by atoms with van der Waals surface area (Å²) in [6, 6.07) is -0.491. The summed E-state index contributed by atoms with van der Waals surface area (Å²) in [4.78, 5) is 12.9. The van der Waals surface area contributed by atoms with Crippen molar-refractivity contribution in [1.82, 2.24) is 10.2 Å². The highest BCUT2D eigenvalue weighted by molar-refractivity contribution is 5.80. The normalized spacial score (nSPS) is 25.2. The molecule has 16 heavy (non-hydrogen) atoms. The van der Waals surface area contributed by atoms with Crippen molar-refractivity contribution < 1.29 is 18.0 Å². The summed E-state index contributed by atoms with van der Waals surface area (Å²) < 4.78 is 37.6. The van der Waals surface area contributed by atoms with Gasteiger partial charge in [0.1, 0.15) is 0 Å². The molecular formula is C10H17F3N2O. The largest absolute Gasteiger partial charge is 0.393 e. The first kappa shape index (κ1) is 13.3. The molecule has 1 saturated heterocycles. The van der Waals surface area contributed by atoms with Gasteiger partial charge in [0.2, 0.25) is 5.91 Å². The second-order valence-corrected chi connectivity index (χ2v) is 4.17. The van der Waals surface area contributed by atoms with Gasteiger partial charge >= 0.3 is 6.18 Å². The van der Waals surface area contributed by atoms with Gasteiger partial charge in [-0.3, -0.25) is 9.69 Å². The topological polar surface area (TPSA) is 32.3 Å². The van der Waals surface area contributed by atoms with Crippen LogP contribution in [0.2, 0.25) is 0 Å². The Balaban J connectivity index is 2.60. The molecule has 3 nitrogen and oxygen atoms in total. The number of amides is 1. The predicted molar refractivity (Wildman–Crippen MR) is 53.9 cm³/mol. The molecule has 1 aliphatic rings. The molecule has 2 atom stereocenters. The molecule has 1 fully saturated rings. The zero-order valence-electron chi connectivity index (χ0n) is 9.47. The quantitative estimate of drug-likeness (QED) is 0.788. The first-order valence-electron chi connectivity index (χ1n) is 5.38. The molecule has 0 unspecified atom stereocenters. The van der Waals surface area contributed by atoms with Crippen LogP contribution in [0.25, 0.3) is 0 Å². The first-order chi connectivity index (χ1) is 7.36. The van der Waals surface area contributed by atoms with Crippen LogP contribution in [0, 0.1) is 5.92 Å². The molecule has 0 aliphatic carbocycles. The second kappa shape index (κ2) is 5.03. The van der Waals surface area contributed by atoms with Crippen LogP contribution in [0.1, 0.15) is 19.8 Å². The van der Waals surface area contributed by atoms with Gasteiger partial charge < -0.3 is 5.32 Å². The first-order valence-corrected chi connectivity index (χ1v) is 5.38. The molecule has 0 spiro atoms. The van der Waals surface area contributed by atoms with Crippen LogP contribution in [0.5, 0.6) is 0 Å². The summed E-state index contributed by atoms with van der Waals surface area (Å²) in [6.07, 6.45) is -3.49. The van der Waals surface area contributed by atoms with Crippen LogP contribution in [0.15, 0.2) is 0 Å². The zero-order valence-corrected chi connectivity index (χ0v) is 9.47. The molecule has 1 N–H and O–H groups in total. The molecule has 0 radical (unpaired) electrons. The van der Waals surface area contributed by atoms with E-state index in [4.69, 9.17) is 0 Å². The van der Waals surface area contributed by atoms with Crippen LogP contribution in [0.3, 0.4) is 0 Å². The number of alkyl halides is 3. The van der Waals surface area contributed by atoms with Crippen molar-refractivity contribution in [2.45, 2.75) is 32.0 Å². The lowest BCUT2D eigenvalue weighted by atomic mass is 9.96. The molecule has 0 saturated carbocycles. The Morgan fingerprint density at radius 1 is 1.50 bits per heavy atom. The molecule has 0 aromatic rings. The van der Waals surface area contributed by atoms with Crippen molar-refractivity contribution in [3.05, 3.63) is 0 Å². The van der Waals surface area contributed by atoms with Crippen molar-refractivity contribution in [2.24, 2.45) is 5.92 Å². The maximum absolute atomic E-state index is 12.5. The lowest BCUT2D eigenvalue weighted by molar-refractivity contribution is -0.188. The van der Waals surface area contributed by atoms with E-state index in [1.54, 1.807) is 11.8 Å². The molecule has 1 amide bonds. The number of nitrogens with one attached hydrogen (secondary N) is 1. The number of likely N-dealkylation sites (N-methyl/N-ethyl adjacent to an activating group) is 1. The van der Waals surface area contributed by atoms with E-state index in [9.17, 15) is 18.0 Å². The van der Waals surface area contributed by atoms with Crippen molar-refractivity contribution in [3.8, 4) is 0 Å². The smallest absolute Gasteiger partial charge is 0.358 e. The van der Waals surface area contributed by atoms with E-state index < -0.39 is 18.1 Å². The molecule has 1 aliphatic heterocycles. The van der Waals surface area contributed by atoms with Crippen molar-refractivity contribution in [3.63, 3.8) is 0 Å². The van der Waals surface area contributed by atoms with E-state index in [2.05, 4.69) is 5.32 Å². The molecule has 0 aromatic heterocycles. The van der Waals surface area contributed by atoms with Gasteiger partial charge in [-0.2, -0.15) is 13.2 Å². The van der Waals surface area contributed by atoms with E-state index in [1.165, 1.54) is 7.05 Å². The van der Waals surface area contributed by atoms with Gasteiger partial charge in [0, 0.05) is 13.6 Å². The Morgan fingerprint density at radius 3 is 2.62 bits per heavy atom. The lowest BCUT2D eigenvalue weighted by Gasteiger charge is -2.36. The third-order valence-corrected chi connectivity index (χ3v) is 3.09. The van der Waals surface area contributed by atoms with E-state index in [1.807, 2.05) is 0 Å². The highest BCUT2D eigenvalue weighted by atomic mass is 19.4. The molecule has 94 valence electrons. The number of carbonyl (C=O) groups is 1. The van der Waals surface area contributed by atoms with Crippen LogP contribution in [-0.2, 0) is 4.79 Å². The predicted octanol–water partition coefficient (Wildman–Crippen LogP) is 1.40. The van der Waals surface area contributed by atoms with E-state index in [0.717, 1.165) is 0 Å². The molecule has 1 rings (SSSR count). The maximum atomic E-state index is 12.5. The van der Waals surface area contributed by atoms with Gasteiger partial charge in [0.25, 0.3) is 0 Å². The second-order valence-electron chi connectivity index (χ2n) is 4.17. The van der Waals surface area contributed by atoms with E-state index >= 15 is 0 Å². The zero-order chi connectivity index (χ0) is 12.3. The number of carbonyl (C=O) groups excluding carboxylic acids is 1. The Kier molecular flexibility index (Phi) is 4.18. The number of hydrogen-bond acceptors (Lipinski definition) is 2. The van der Waals surface area contributed by atoms with Crippen LogP contribution < -0.4 is 5.32 Å². The number of nitrogens with zero attached hydrogens (tertiary/aromatic N) is 1. The summed E-state index contributed by atoms with van der Waals surface area (Å²) in [6.45, 7) is 2.12. The van der Waals surface area contributed by atoms with Crippen molar-refractivity contribution in [1.29, 1.82) is 0 Å². The summed E-state index contributed by atoms with van der Waals surface area (Å²) in [5.41, 5.74) is 0. The number of hydrogen-bond donors (Lipinski definition) is 1. The van der Waals surface area contributed by atoms with E-state index in [-0.39, 0.29) is 18.9 Å². The van der Waals surface area contributed by atoms with Crippen LogP contribution in [-0.4, -0.2) is 43.2 Å². The number of halogens is 3. The van der Waals surface area contributed by atoms with Crippen molar-refractivity contribution >= 4 is 5.91 Å². The molecule has 1 heterocycles. The summed E-state index contributed by atoms with van der Waals surface area (Å²) in [7, 11) is 1.49. The fourth-order valence-corrected chi connectivity index (χ4v) is 2.00. The fourth-order valence-electron chi connectivity index (χ4n) is 2.00. The standard InChI is InChI=1S/C10H17F3N2O/c1-7(9(16)14-2)15-5-3-4-8(6-15)10(11,12)13/h7-8H,3-6H2,1-2H3,(H,14,16)/t7-,8-/m1/s1. The number of piperidine rings is 1. The van der Waals surface area contributed by atoms with Gasteiger partial charge in [-0.15, -0.1) is 0 Å². The fraction of sp³-hybridized carbons (Fsp3) is 0.900. The average molecular weight is 238 g/mol. The molecular weight excluding hydrogens is 221 g/mol. The summed E-state index contributed by atoms with van der Waals surface area (Å²) in [5.74, 6) is -1.53. The monoisotopic (exact) mass is 238 g/mol. The Bertz CT molecular complexity index is 255. The highest BCUT2D eigenvalue weighted by Crippen LogP contribution is 2.33. The lowest BCUT2D eigenvalue weighted by Crippen LogP contribution is -2.50. The minimum atomic E-state index is -4.15. The van der Waals surface area contributed by atoms with Gasteiger partial charge in [-0.25, -0.2) is 0 Å². The molecule has 0 bridgehead atoms. The average Bonchev–Trinajstić information content (AvgIpc) is 2.26. The SMILES string of the molecule is CNC(=O)[C@@H](C)N1CCC[C@@H](C(F)(F)F)C1. The Hall–Kier alpha value is -0.780. The molecule has 6 heteroatoms. The van der Waals surface area contributed by atoms with Gasteiger partial charge in [0.05, 0.1) is 12.0 Å².